The minimum Gasteiger partial charge on any atom is -0.424 e. The molecule has 1 N–H and O–H groups in total. The Bertz CT molecular complexity index is 890. The van der Waals surface area contributed by atoms with E-state index in [0.29, 0.717) is 37.8 Å². The number of ether oxygens (including phenoxy) is 1. The SMILES string of the molecule is Cc1nnc([C@@H](C)NS(=O)(=O)c2cccc(C(=O)N3CCOCC3)c2)o1. The highest BCUT2D eigenvalue weighted by molar-refractivity contribution is 7.89. The summed E-state index contributed by atoms with van der Waals surface area (Å²) in [6.07, 6.45) is 0. The normalized spacial score (nSPS) is 16.5. The third-order valence-corrected chi connectivity index (χ3v) is 5.47. The van der Waals surface area contributed by atoms with Crippen molar-refractivity contribution in [2.24, 2.45) is 0 Å². The van der Waals surface area contributed by atoms with Crippen molar-refractivity contribution in [2.45, 2.75) is 24.8 Å². The summed E-state index contributed by atoms with van der Waals surface area (Å²) in [7, 11) is -3.86. The maximum Gasteiger partial charge on any atom is 0.254 e. The summed E-state index contributed by atoms with van der Waals surface area (Å²) in [5, 5.41) is 7.50. The van der Waals surface area contributed by atoms with Gasteiger partial charge in [-0.1, -0.05) is 6.07 Å². The van der Waals surface area contributed by atoms with Crippen molar-refractivity contribution in [1.29, 1.82) is 0 Å². The van der Waals surface area contributed by atoms with E-state index in [1.165, 1.54) is 12.1 Å². The number of rotatable bonds is 5. The van der Waals surface area contributed by atoms with Crippen molar-refractivity contribution in [3.63, 3.8) is 0 Å². The molecule has 1 atom stereocenters. The van der Waals surface area contributed by atoms with Crippen molar-refractivity contribution in [1.82, 2.24) is 19.8 Å². The number of nitrogens with one attached hydrogen (secondary N) is 1. The van der Waals surface area contributed by atoms with Gasteiger partial charge in [0.2, 0.25) is 21.8 Å². The molecule has 1 aromatic heterocycles. The van der Waals surface area contributed by atoms with Crippen LogP contribution in [0.3, 0.4) is 0 Å². The zero-order valence-corrected chi connectivity index (χ0v) is 15.3. The molecule has 1 saturated heterocycles. The van der Waals surface area contributed by atoms with Gasteiger partial charge in [-0.15, -0.1) is 10.2 Å². The topological polar surface area (TPSA) is 115 Å². The average molecular weight is 380 g/mol. The molecule has 2 heterocycles. The average Bonchev–Trinajstić information content (AvgIpc) is 3.08. The van der Waals surface area contributed by atoms with E-state index >= 15 is 0 Å². The van der Waals surface area contributed by atoms with Crippen LogP contribution in [0.1, 0.15) is 35.1 Å². The van der Waals surface area contributed by atoms with E-state index in [2.05, 4.69) is 14.9 Å². The first-order chi connectivity index (χ1) is 12.4. The molecule has 2 aromatic rings. The maximum absolute atomic E-state index is 12.6. The summed E-state index contributed by atoms with van der Waals surface area (Å²) in [4.78, 5) is 14.2. The standard InChI is InChI=1S/C16H20N4O5S/c1-11(15-18-17-12(2)25-15)19-26(22,23)14-5-3-4-13(10-14)16(21)20-6-8-24-9-7-20/h3-5,10-11,19H,6-9H2,1-2H3/t11-/m1/s1. The number of morpholine rings is 1. The molecule has 0 bridgehead atoms. The summed E-state index contributed by atoms with van der Waals surface area (Å²) in [6.45, 7) is 5.16. The molecule has 3 rings (SSSR count). The van der Waals surface area contributed by atoms with Crippen LogP contribution in [0, 0.1) is 6.92 Å². The van der Waals surface area contributed by atoms with Gasteiger partial charge in [-0.25, -0.2) is 8.42 Å². The van der Waals surface area contributed by atoms with E-state index in [9.17, 15) is 13.2 Å². The van der Waals surface area contributed by atoms with Gasteiger partial charge in [0.1, 0.15) is 0 Å². The largest absolute Gasteiger partial charge is 0.424 e. The second kappa shape index (κ2) is 7.52. The number of carbonyl (C=O) groups is 1. The quantitative estimate of drug-likeness (QED) is 0.819. The predicted molar refractivity (Wildman–Crippen MR) is 90.9 cm³/mol. The van der Waals surface area contributed by atoms with Crippen molar-refractivity contribution in [2.75, 3.05) is 26.3 Å². The number of amides is 1. The van der Waals surface area contributed by atoms with Gasteiger partial charge in [0.15, 0.2) is 0 Å². The molecule has 1 aliphatic heterocycles. The molecule has 0 radical (unpaired) electrons. The van der Waals surface area contributed by atoms with E-state index in [-0.39, 0.29) is 16.7 Å². The molecule has 0 aliphatic carbocycles. The van der Waals surface area contributed by atoms with Crippen LogP contribution in [0.2, 0.25) is 0 Å². The van der Waals surface area contributed by atoms with Gasteiger partial charge in [0.25, 0.3) is 5.91 Å². The van der Waals surface area contributed by atoms with Crippen molar-refractivity contribution in [3.8, 4) is 0 Å². The van der Waals surface area contributed by atoms with E-state index in [0.717, 1.165) is 0 Å². The first-order valence-corrected chi connectivity index (χ1v) is 9.64. The van der Waals surface area contributed by atoms with Crippen LogP contribution in [0.5, 0.6) is 0 Å². The fourth-order valence-corrected chi connectivity index (χ4v) is 3.83. The number of hydrogen-bond acceptors (Lipinski definition) is 7. The van der Waals surface area contributed by atoms with Crippen LogP contribution in [0.15, 0.2) is 33.6 Å². The molecule has 0 spiro atoms. The molecule has 1 fully saturated rings. The van der Waals surface area contributed by atoms with Crippen LogP contribution in [0.25, 0.3) is 0 Å². The van der Waals surface area contributed by atoms with E-state index in [4.69, 9.17) is 9.15 Å². The second-order valence-corrected chi connectivity index (χ2v) is 7.65. The van der Waals surface area contributed by atoms with Gasteiger partial charge in [0, 0.05) is 25.6 Å². The van der Waals surface area contributed by atoms with Gasteiger partial charge in [-0.2, -0.15) is 4.72 Å². The van der Waals surface area contributed by atoms with E-state index < -0.39 is 16.1 Å². The number of sulfonamides is 1. The highest BCUT2D eigenvalue weighted by atomic mass is 32.2. The molecule has 9 nitrogen and oxygen atoms in total. The fraction of sp³-hybridized carbons (Fsp3) is 0.438. The Morgan fingerprint density at radius 2 is 2.00 bits per heavy atom. The third kappa shape index (κ3) is 4.09. The molecule has 0 unspecified atom stereocenters. The molecule has 10 heteroatoms. The third-order valence-electron chi connectivity index (χ3n) is 3.93. The molecular weight excluding hydrogens is 360 g/mol. The molecule has 0 saturated carbocycles. The molecule has 1 aromatic carbocycles. The zero-order chi connectivity index (χ0) is 18.7. The van der Waals surface area contributed by atoms with Crippen LogP contribution in [-0.2, 0) is 14.8 Å². The number of carbonyl (C=O) groups excluding carboxylic acids is 1. The number of hydrogen-bond donors (Lipinski definition) is 1. The lowest BCUT2D eigenvalue weighted by Gasteiger charge is -2.27. The van der Waals surface area contributed by atoms with Gasteiger partial charge < -0.3 is 14.1 Å². The summed E-state index contributed by atoms with van der Waals surface area (Å²) < 4.78 is 38.2. The number of aromatic nitrogens is 2. The van der Waals surface area contributed by atoms with Crippen LogP contribution < -0.4 is 4.72 Å². The predicted octanol–water partition coefficient (Wildman–Crippen LogP) is 0.890. The number of aryl methyl sites for hydroxylation is 1. The van der Waals surface area contributed by atoms with Crippen LogP contribution in [-0.4, -0.2) is 55.7 Å². The lowest BCUT2D eigenvalue weighted by atomic mass is 10.2. The summed E-state index contributed by atoms with van der Waals surface area (Å²) in [5.74, 6) is 0.307. The van der Waals surface area contributed by atoms with Gasteiger partial charge in [0.05, 0.1) is 24.2 Å². The van der Waals surface area contributed by atoms with Crippen LogP contribution >= 0.6 is 0 Å². The first kappa shape index (κ1) is 18.5. The fourth-order valence-electron chi connectivity index (χ4n) is 2.58. The first-order valence-electron chi connectivity index (χ1n) is 8.16. The summed E-state index contributed by atoms with van der Waals surface area (Å²) in [6, 6.07) is 5.25. The van der Waals surface area contributed by atoms with Crippen molar-refractivity contribution >= 4 is 15.9 Å². The molecule has 140 valence electrons. The highest BCUT2D eigenvalue weighted by Crippen LogP contribution is 2.18. The Morgan fingerprint density at radius 3 is 2.65 bits per heavy atom. The lowest BCUT2D eigenvalue weighted by Crippen LogP contribution is -2.40. The van der Waals surface area contributed by atoms with Crippen molar-refractivity contribution < 1.29 is 22.4 Å². The van der Waals surface area contributed by atoms with Gasteiger partial charge in [-0.3, -0.25) is 4.79 Å². The number of benzene rings is 1. The Kier molecular flexibility index (Phi) is 5.35. The summed E-state index contributed by atoms with van der Waals surface area (Å²) >= 11 is 0. The Balaban J connectivity index is 1.78. The van der Waals surface area contributed by atoms with E-state index in [1.807, 2.05) is 0 Å². The molecular formula is C16H20N4O5S. The maximum atomic E-state index is 12.6. The number of nitrogens with zero attached hydrogens (tertiary/aromatic N) is 3. The smallest absolute Gasteiger partial charge is 0.254 e. The van der Waals surface area contributed by atoms with E-state index in [1.54, 1.807) is 30.9 Å². The minimum atomic E-state index is -3.86. The molecule has 1 amide bonds. The second-order valence-electron chi connectivity index (χ2n) is 5.93. The van der Waals surface area contributed by atoms with Crippen LogP contribution in [0.4, 0.5) is 0 Å². The van der Waals surface area contributed by atoms with Gasteiger partial charge in [-0.05, 0) is 25.1 Å². The van der Waals surface area contributed by atoms with Crippen molar-refractivity contribution in [3.05, 3.63) is 41.6 Å². The van der Waals surface area contributed by atoms with Gasteiger partial charge >= 0.3 is 0 Å². The Labute approximate surface area is 151 Å². The minimum absolute atomic E-state index is 0.000281. The monoisotopic (exact) mass is 380 g/mol. The summed E-state index contributed by atoms with van der Waals surface area (Å²) in [5.41, 5.74) is 0.316. The zero-order valence-electron chi connectivity index (χ0n) is 14.5. The highest BCUT2D eigenvalue weighted by Gasteiger charge is 2.24. The Morgan fingerprint density at radius 1 is 1.27 bits per heavy atom. The Hall–Kier alpha value is -2.30. The molecule has 26 heavy (non-hydrogen) atoms. The lowest BCUT2D eigenvalue weighted by molar-refractivity contribution is 0.0302. The molecule has 1 aliphatic rings.